The normalized spacial score (nSPS) is 16.3. The molecule has 0 aliphatic heterocycles. The second-order valence-corrected chi connectivity index (χ2v) is 10.5. The second kappa shape index (κ2) is 9.26. The number of ether oxygens (including phenoxy) is 1. The van der Waals surface area contributed by atoms with Gasteiger partial charge in [0.15, 0.2) is 0 Å². The predicted molar refractivity (Wildman–Crippen MR) is 126 cm³/mol. The van der Waals surface area contributed by atoms with Gasteiger partial charge < -0.3 is 9.84 Å². The lowest BCUT2D eigenvalue weighted by atomic mass is 9.71. The largest absolute Gasteiger partial charge is 0.496 e. The van der Waals surface area contributed by atoms with Crippen LogP contribution in [0.3, 0.4) is 0 Å². The number of hydrogen-bond donors (Lipinski definition) is 1. The Bertz CT molecular complexity index is 1260. The molecular weight excluding hydrogens is 482 g/mol. The summed E-state index contributed by atoms with van der Waals surface area (Å²) in [7, 11) is 1.29. The zero-order chi connectivity index (χ0) is 25.5. The van der Waals surface area contributed by atoms with Gasteiger partial charge in [-0.15, -0.1) is 11.3 Å². The van der Waals surface area contributed by atoms with Gasteiger partial charge >= 0.3 is 12.1 Å². The van der Waals surface area contributed by atoms with Gasteiger partial charge in [0.05, 0.1) is 23.9 Å². The Labute approximate surface area is 204 Å². The van der Waals surface area contributed by atoms with E-state index in [0.717, 1.165) is 49.2 Å². The molecule has 1 saturated carbocycles. The van der Waals surface area contributed by atoms with Crippen LogP contribution in [0, 0.1) is 11.2 Å². The molecule has 2 aromatic carbocycles. The van der Waals surface area contributed by atoms with Gasteiger partial charge in [0.25, 0.3) is 0 Å². The molecular formula is C26H25F4NO3S. The fourth-order valence-corrected chi connectivity index (χ4v) is 5.44. The Balaban J connectivity index is 1.72. The fourth-order valence-electron chi connectivity index (χ4n) is 4.58. The van der Waals surface area contributed by atoms with Crippen molar-refractivity contribution >= 4 is 17.3 Å². The first-order valence-electron chi connectivity index (χ1n) is 11.2. The van der Waals surface area contributed by atoms with Crippen molar-refractivity contribution in [1.29, 1.82) is 0 Å². The lowest BCUT2D eigenvalue weighted by molar-refractivity contribution is -0.137. The molecule has 0 spiro atoms. The van der Waals surface area contributed by atoms with Gasteiger partial charge in [-0.2, -0.15) is 13.2 Å². The van der Waals surface area contributed by atoms with Gasteiger partial charge in [-0.3, -0.25) is 0 Å². The van der Waals surface area contributed by atoms with Crippen molar-refractivity contribution in [3.05, 3.63) is 58.2 Å². The zero-order valence-corrected chi connectivity index (χ0v) is 20.3. The number of carboxylic acids is 1. The summed E-state index contributed by atoms with van der Waals surface area (Å²) in [5.41, 5.74) is -0.111. The summed E-state index contributed by atoms with van der Waals surface area (Å²) in [6.07, 6.45) is -0.936. The Morgan fingerprint density at radius 3 is 2.43 bits per heavy atom. The molecule has 1 N–H and O–H groups in total. The highest BCUT2D eigenvalue weighted by molar-refractivity contribution is 7.13. The number of hydrogen-bond acceptors (Lipinski definition) is 4. The minimum Gasteiger partial charge on any atom is -0.496 e. The van der Waals surface area contributed by atoms with E-state index < -0.39 is 29.1 Å². The summed E-state index contributed by atoms with van der Waals surface area (Å²) in [5.74, 6) is -2.29. The quantitative estimate of drug-likeness (QED) is 0.355. The number of carbonyl (C=O) groups is 1. The maximum Gasteiger partial charge on any atom is 0.417 e. The van der Waals surface area contributed by atoms with E-state index in [0.29, 0.717) is 5.56 Å². The summed E-state index contributed by atoms with van der Waals surface area (Å²) in [5, 5.41) is 10.8. The molecule has 0 amide bonds. The van der Waals surface area contributed by atoms with Crippen LogP contribution in [0.15, 0.2) is 35.7 Å². The van der Waals surface area contributed by atoms with E-state index in [1.807, 2.05) is 0 Å². The van der Waals surface area contributed by atoms with Gasteiger partial charge in [-0.25, -0.2) is 14.2 Å². The molecule has 1 aliphatic carbocycles. The Morgan fingerprint density at radius 1 is 1.14 bits per heavy atom. The number of alkyl halides is 3. The minimum atomic E-state index is -4.57. The number of halogens is 4. The van der Waals surface area contributed by atoms with Crippen LogP contribution in [0.4, 0.5) is 17.6 Å². The molecule has 0 atom stereocenters. The van der Waals surface area contributed by atoms with E-state index >= 15 is 0 Å². The van der Waals surface area contributed by atoms with Crippen molar-refractivity contribution in [3.63, 3.8) is 0 Å². The smallest absolute Gasteiger partial charge is 0.417 e. The first kappa shape index (κ1) is 25.2. The average molecular weight is 508 g/mol. The SMILES string of the molecule is COc1cc(C(=O)O)c(F)cc1-c1csc(-c2ccc(C3CCC(C)(C)CC3)cc2C(F)(F)F)n1. The number of aromatic carboxylic acids is 1. The van der Waals surface area contributed by atoms with E-state index in [-0.39, 0.29) is 38.9 Å². The molecule has 1 aromatic heterocycles. The van der Waals surface area contributed by atoms with Crippen LogP contribution in [0.5, 0.6) is 5.75 Å². The molecule has 0 unspecified atom stereocenters. The van der Waals surface area contributed by atoms with E-state index in [4.69, 9.17) is 9.84 Å². The molecule has 1 fully saturated rings. The maximum absolute atomic E-state index is 14.3. The topological polar surface area (TPSA) is 59.4 Å². The number of thiazole rings is 1. The highest BCUT2D eigenvalue weighted by Gasteiger charge is 2.36. The molecule has 4 nitrogen and oxygen atoms in total. The van der Waals surface area contributed by atoms with Crippen molar-refractivity contribution < 1.29 is 32.2 Å². The van der Waals surface area contributed by atoms with Crippen LogP contribution in [0.2, 0.25) is 0 Å². The van der Waals surface area contributed by atoms with Crippen LogP contribution in [-0.2, 0) is 6.18 Å². The summed E-state index contributed by atoms with van der Waals surface area (Å²) in [4.78, 5) is 15.6. The maximum atomic E-state index is 14.3. The Hall–Kier alpha value is -2.94. The third-order valence-electron chi connectivity index (χ3n) is 6.69. The van der Waals surface area contributed by atoms with Crippen molar-refractivity contribution in [2.24, 2.45) is 5.41 Å². The van der Waals surface area contributed by atoms with Crippen LogP contribution < -0.4 is 4.74 Å². The Morgan fingerprint density at radius 2 is 1.83 bits per heavy atom. The van der Waals surface area contributed by atoms with E-state index in [9.17, 15) is 22.4 Å². The van der Waals surface area contributed by atoms with Gasteiger partial charge in [0.1, 0.15) is 16.6 Å². The van der Waals surface area contributed by atoms with Crippen LogP contribution in [-0.4, -0.2) is 23.2 Å². The third kappa shape index (κ3) is 5.19. The Kier molecular flexibility index (Phi) is 6.66. The fraction of sp³-hybridized carbons (Fsp3) is 0.385. The van der Waals surface area contributed by atoms with Crippen molar-refractivity contribution in [1.82, 2.24) is 4.98 Å². The molecule has 186 valence electrons. The van der Waals surface area contributed by atoms with Crippen LogP contribution in [0.25, 0.3) is 21.8 Å². The predicted octanol–water partition coefficient (Wildman–Crippen LogP) is 8.03. The number of nitrogens with zero attached hydrogens (tertiary/aromatic N) is 1. The highest BCUT2D eigenvalue weighted by atomic mass is 32.1. The van der Waals surface area contributed by atoms with E-state index in [1.54, 1.807) is 6.07 Å². The number of carboxylic acid groups (broad SMARTS) is 1. The number of methoxy groups -OCH3 is 1. The molecule has 1 heterocycles. The van der Waals surface area contributed by atoms with Gasteiger partial charge in [0.2, 0.25) is 0 Å². The molecule has 0 bridgehead atoms. The highest BCUT2D eigenvalue weighted by Crippen LogP contribution is 2.46. The van der Waals surface area contributed by atoms with Gasteiger partial charge in [-0.05, 0) is 60.8 Å². The average Bonchev–Trinajstić information content (AvgIpc) is 3.27. The van der Waals surface area contributed by atoms with E-state index in [1.165, 1.54) is 24.6 Å². The molecule has 9 heteroatoms. The van der Waals surface area contributed by atoms with Crippen LogP contribution >= 0.6 is 11.3 Å². The van der Waals surface area contributed by atoms with Crippen LogP contribution in [0.1, 0.15) is 66.9 Å². The van der Waals surface area contributed by atoms with Crippen molar-refractivity contribution in [2.75, 3.05) is 7.11 Å². The summed E-state index contributed by atoms with van der Waals surface area (Å²) >= 11 is 0.999. The summed E-state index contributed by atoms with van der Waals surface area (Å²) < 4.78 is 61.7. The minimum absolute atomic E-state index is 0.0461. The standard InChI is InChI=1S/C26H25F4NO3S/c1-25(2)8-6-14(7-9-25)15-4-5-16(19(10-15)26(28,29)30)23-31-21(13-35-23)18-11-20(27)17(24(32)33)12-22(18)34-3/h4-5,10-14H,6-9H2,1-3H3,(H,32,33). The first-order chi connectivity index (χ1) is 16.4. The number of benzene rings is 2. The third-order valence-corrected chi connectivity index (χ3v) is 7.57. The summed E-state index contributed by atoms with van der Waals surface area (Å²) in [6.45, 7) is 4.37. The molecule has 4 rings (SSSR count). The van der Waals surface area contributed by atoms with Gasteiger partial charge in [-0.1, -0.05) is 26.0 Å². The van der Waals surface area contributed by atoms with Crippen molar-refractivity contribution in [2.45, 2.75) is 51.6 Å². The number of rotatable bonds is 5. The molecule has 0 radical (unpaired) electrons. The first-order valence-corrected chi connectivity index (χ1v) is 12.1. The number of aromatic nitrogens is 1. The molecule has 3 aromatic rings. The molecule has 1 aliphatic rings. The van der Waals surface area contributed by atoms with E-state index in [2.05, 4.69) is 18.8 Å². The molecule has 35 heavy (non-hydrogen) atoms. The summed E-state index contributed by atoms with van der Waals surface area (Å²) in [6, 6.07) is 6.45. The molecule has 0 saturated heterocycles. The zero-order valence-electron chi connectivity index (χ0n) is 19.5. The van der Waals surface area contributed by atoms with Crippen molar-refractivity contribution in [3.8, 4) is 27.6 Å². The lowest BCUT2D eigenvalue weighted by Crippen LogP contribution is -2.20. The monoisotopic (exact) mass is 507 g/mol. The second-order valence-electron chi connectivity index (χ2n) is 9.62. The van der Waals surface area contributed by atoms with Gasteiger partial charge in [0, 0.05) is 16.5 Å². The lowest BCUT2D eigenvalue weighted by Gasteiger charge is -2.34.